The van der Waals surface area contributed by atoms with E-state index in [1.54, 1.807) is 0 Å². The van der Waals surface area contributed by atoms with Crippen molar-refractivity contribution < 1.29 is 4.79 Å². The van der Waals surface area contributed by atoms with Gasteiger partial charge in [-0.05, 0) is 23.9 Å². The van der Waals surface area contributed by atoms with Crippen LogP contribution in [0.25, 0.3) is 0 Å². The summed E-state index contributed by atoms with van der Waals surface area (Å²) in [5, 5.41) is 3.98. The Kier molecular flexibility index (Phi) is 5.02. The van der Waals surface area contributed by atoms with E-state index in [1.165, 1.54) is 6.92 Å². The van der Waals surface area contributed by atoms with Gasteiger partial charge < -0.3 is 11.5 Å². The lowest BCUT2D eigenvalue weighted by atomic mass is 10.3. The Balaban J connectivity index is 2.60. The number of hydrogen-bond acceptors (Lipinski definition) is 4. The second-order valence-corrected chi connectivity index (χ2v) is 4.05. The molecule has 0 bridgehead atoms. The van der Waals surface area contributed by atoms with E-state index in [1.807, 2.05) is 30.3 Å². The first-order valence-corrected chi connectivity index (χ1v) is 5.56. The molecule has 1 amide bonds. The van der Waals surface area contributed by atoms with Crippen molar-refractivity contribution in [2.24, 2.45) is 21.6 Å². The molecule has 0 aliphatic carbocycles. The first kappa shape index (κ1) is 13.0. The molecule has 0 aliphatic rings. The SMILES string of the molecule is CC(=O)N/N=C(\N)SC(N)=Nc1ccccc1. The van der Waals surface area contributed by atoms with E-state index in [-0.39, 0.29) is 16.2 Å². The van der Waals surface area contributed by atoms with E-state index < -0.39 is 0 Å². The molecule has 0 aromatic heterocycles. The lowest BCUT2D eigenvalue weighted by molar-refractivity contribution is -0.118. The summed E-state index contributed by atoms with van der Waals surface area (Å²) < 4.78 is 0. The second kappa shape index (κ2) is 6.54. The van der Waals surface area contributed by atoms with E-state index in [9.17, 15) is 4.79 Å². The lowest BCUT2D eigenvalue weighted by Crippen LogP contribution is -2.21. The van der Waals surface area contributed by atoms with Crippen LogP contribution in [0.2, 0.25) is 0 Å². The number of nitrogens with two attached hydrogens (primary N) is 2. The minimum absolute atomic E-state index is 0.123. The molecule has 0 spiro atoms. The fourth-order valence-electron chi connectivity index (χ4n) is 0.916. The molecule has 0 saturated carbocycles. The third-order valence-electron chi connectivity index (χ3n) is 1.53. The number of thioether (sulfide) groups is 1. The molecule has 0 fully saturated rings. The van der Waals surface area contributed by atoms with Crippen LogP contribution in [0.3, 0.4) is 0 Å². The van der Waals surface area contributed by atoms with Crippen molar-refractivity contribution in [2.75, 3.05) is 0 Å². The highest BCUT2D eigenvalue weighted by Gasteiger charge is 1.99. The summed E-state index contributed by atoms with van der Waals surface area (Å²) in [6.07, 6.45) is 0. The maximum Gasteiger partial charge on any atom is 0.237 e. The van der Waals surface area contributed by atoms with E-state index >= 15 is 0 Å². The number of aliphatic imine (C=N–C) groups is 1. The quantitative estimate of drug-likeness (QED) is 0.409. The van der Waals surface area contributed by atoms with Crippen LogP contribution in [0.15, 0.2) is 40.4 Å². The van der Waals surface area contributed by atoms with E-state index in [2.05, 4.69) is 15.5 Å². The molecule has 0 unspecified atom stereocenters. The number of carbonyl (C=O) groups excluding carboxylic acids is 1. The van der Waals surface area contributed by atoms with Crippen LogP contribution in [0, 0.1) is 0 Å². The fourth-order valence-corrected chi connectivity index (χ4v) is 1.37. The highest BCUT2D eigenvalue weighted by Crippen LogP contribution is 2.12. The molecule has 7 heteroatoms. The number of amidine groups is 2. The topological polar surface area (TPSA) is 106 Å². The van der Waals surface area contributed by atoms with Gasteiger partial charge in [-0.15, -0.1) is 5.10 Å². The van der Waals surface area contributed by atoms with E-state index in [0.29, 0.717) is 0 Å². The normalized spacial score (nSPS) is 12.3. The molecular weight excluding hydrogens is 238 g/mol. The number of amides is 1. The van der Waals surface area contributed by atoms with Gasteiger partial charge in [-0.1, -0.05) is 18.2 Å². The maximum atomic E-state index is 10.6. The van der Waals surface area contributed by atoms with Crippen LogP contribution in [-0.2, 0) is 4.79 Å². The number of hydrogen-bond donors (Lipinski definition) is 3. The van der Waals surface area contributed by atoms with E-state index in [0.717, 1.165) is 17.4 Å². The molecule has 90 valence electrons. The average molecular weight is 251 g/mol. The zero-order valence-electron chi connectivity index (χ0n) is 9.25. The van der Waals surface area contributed by atoms with Gasteiger partial charge in [0.2, 0.25) is 5.91 Å². The minimum Gasteiger partial charge on any atom is -0.378 e. The summed E-state index contributed by atoms with van der Waals surface area (Å²) in [5.74, 6) is -0.299. The number of rotatable bonds is 2. The average Bonchev–Trinajstić information content (AvgIpc) is 2.27. The summed E-state index contributed by atoms with van der Waals surface area (Å²) in [6.45, 7) is 1.34. The van der Waals surface area contributed by atoms with E-state index in [4.69, 9.17) is 11.5 Å². The highest BCUT2D eigenvalue weighted by molar-refractivity contribution is 8.26. The molecule has 17 heavy (non-hydrogen) atoms. The van der Waals surface area contributed by atoms with Crippen molar-refractivity contribution in [2.45, 2.75) is 6.92 Å². The zero-order chi connectivity index (χ0) is 12.7. The first-order chi connectivity index (χ1) is 8.08. The Labute approximate surface area is 103 Å². The Hall–Kier alpha value is -2.02. The predicted octanol–water partition coefficient (Wildman–Crippen LogP) is 0.732. The van der Waals surface area contributed by atoms with Crippen molar-refractivity contribution in [3.63, 3.8) is 0 Å². The standard InChI is InChI=1S/C10H13N5OS/c1-7(16)14-15-10(12)17-9(11)13-8-5-3-2-4-6-8/h2-6H,1H3,(H2,11,13)(H2,12,15)(H,14,16). The molecular formula is C10H13N5OS. The largest absolute Gasteiger partial charge is 0.378 e. The third-order valence-corrected chi connectivity index (χ3v) is 2.13. The van der Waals surface area contributed by atoms with Crippen molar-refractivity contribution >= 4 is 33.7 Å². The number of nitrogens with one attached hydrogen (secondary N) is 1. The highest BCUT2D eigenvalue weighted by atomic mass is 32.2. The van der Waals surface area contributed by atoms with Gasteiger partial charge in [0, 0.05) is 6.92 Å². The third kappa shape index (κ3) is 5.57. The van der Waals surface area contributed by atoms with Gasteiger partial charge >= 0.3 is 0 Å². The molecule has 0 saturated heterocycles. The fraction of sp³-hybridized carbons (Fsp3) is 0.100. The molecule has 0 aliphatic heterocycles. The van der Waals surface area contributed by atoms with Crippen LogP contribution < -0.4 is 16.9 Å². The van der Waals surface area contributed by atoms with Crippen LogP contribution in [0.4, 0.5) is 5.69 Å². The Morgan fingerprint density at radius 1 is 1.24 bits per heavy atom. The monoisotopic (exact) mass is 251 g/mol. The lowest BCUT2D eigenvalue weighted by Gasteiger charge is -2.00. The summed E-state index contributed by atoms with van der Waals surface area (Å²) >= 11 is 0.977. The number of benzene rings is 1. The smallest absolute Gasteiger partial charge is 0.237 e. The van der Waals surface area contributed by atoms with Crippen LogP contribution >= 0.6 is 11.8 Å². The van der Waals surface area contributed by atoms with Crippen molar-refractivity contribution in [3.8, 4) is 0 Å². The van der Waals surface area contributed by atoms with Gasteiger partial charge in [-0.3, -0.25) is 4.79 Å². The van der Waals surface area contributed by atoms with Gasteiger partial charge in [-0.2, -0.15) is 0 Å². The molecule has 1 rings (SSSR count). The molecule has 1 aromatic rings. The first-order valence-electron chi connectivity index (χ1n) is 4.74. The number of carbonyl (C=O) groups is 1. The molecule has 1 aromatic carbocycles. The zero-order valence-corrected chi connectivity index (χ0v) is 10.1. The van der Waals surface area contributed by atoms with Gasteiger partial charge in [0.15, 0.2) is 10.3 Å². The molecule has 6 nitrogen and oxygen atoms in total. The molecule has 0 atom stereocenters. The summed E-state index contributed by atoms with van der Waals surface area (Å²) in [5.41, 5.74) is 14.1. The van der Waals surface area contributed by atoms with Gasteiger partial charge in [-0.25, -0.2) is 10.4 Å². The number of nitrogens with zero attached hydrogens (tertiary/aromatic N) is 2. The van der Waals surface area contributed by atoms with Crippen LogP contribution in [-0.4, -0.2) is 16.2 Å². The van der Waals surface area contributed by atoms with Crippen molar-refractivity contribution in [3.05, 3.63) is 30.3 Å². The van der Waals surface area contributed by atoms with Gasteiger partial charge in [0.05, 0.1) is 5.69 Å². The second-order valence-electron chi connectivity index (χ2n) is 3.01. The van der Waals surface area contributed by atoms with Gasteiger partial charge in [0.1, 0.15) is 0 Å². The summed E-state index contributed by atoms with van der Waals surface area (Å²) in [7, 11) is 0. The predicted molar refractivity (Wildman–Crippen MR) is 70.8 cm³/mol. The number of hydrazone groups is 1. The summed E-state index contributed by atoms with van der Waals surface area (Å²) in [6, 6.07) is 9.22. The van der Waals surface area contributed by atoms with Crippen LogP contribution in [0.5, 0.6) is 0 Å². The summed E-state index contributed by atoms with van der Waals surface area (Å²) in [4.78, 5) is 14.7. The van der Waals surface area contributed by atoms with Gasteiger partial charge in [0.25, 0.3) is 0 Å². The Bertz CT molecular complexity index is 443. The van der Waals surface area contributed by atoms with Crippen molar-refractivity contribution in [1.29, 1.82) is 0 Å². The maximum absolute atomic E-state index is 10.6. The van der Waals surface area contributed by atoms with Crippen molar-refractivity contribution in [1.82, 2.24) is 5.43 Å². The number of para-hydroxylation sites is 1. The Morgan fingerprint density at radius 3 is 2.47 bits per heavy atom. The Morgan fingerprint density at radius 2 is 1.88 bits per heavy atom. The van der Waals surface area contributed by atoms with Crippen LogP contribution in [0.1, 0.15) is 6.92 Å². The minimum atomic E-state index is -0.299. The molecule has 0 heterocycles. The molecule has 5 N–H and O–H groups in total. The molecule has 0 radical (unpaired) electrons.